The quantitative estimate of drug-likeness (QED) is 0.118. The number of nitrogens with zero attached hydrogens (tertiary/aromatic N) is 2. The van der Waals surface area contributed by atoms with Crippen LogP contribution in [0.4, 0.5) is 5.82 Å². The molecule has 0 unspecified atom stereocenters. The summed E-state index contributed by atoms with van der Waals surface area (Å²) in [7, 11) is 0. The molecular formula is C34H32N4O10S. The van der Waals surface area contributed by atoms with Crippen LogP contribution < -0.4 is 10.9 Å². The minimum Gasteiger partial charge on any atom is -0.464 e. The summed E-state index contributed by atoms with van der Waals surface area (Å²) in [6.45, 7) is 1.20. The number of rotatable bonds is 13. The molecule has 1 fully saturated rings. The number of carbonyl (C=O) groups excluding carboxylic acids is 4. The standard InChI is InChI=1S/C34H32N4O10S/c1-2-18-44-25(39)19-35-28-29(40)36-34(49)38(37-28)30-27(48-33(43)23-16-10-5-11-17-23)26(47-32(42)22-14-8-4-9-15-22)24(46-30)20-45-31(41)21-12-6-3-7-13-21/h3-17,24,26-27,30H,2,18-20H2,1H3,(H,35,37)(H,36,40,49)/t24-,26-,27-,30-/m1/s1. The number of aromatic amines is 1. The van der Waals surface area contributed by atoms with Crippen LogP contribution in [0.25, 0.3) is 0 Å². The van der Waals surface area contributed by atoms with E-state index < -0.39 is 60.6 Å². The smallest absolute Gasteiger partial charge is 0.338 e. The third kappa shape index (κ3) is 8.82. The Bertz CT molecular complexity index is 1890. The molecular weight excluding hydrogens is 656 g/mol. The lowest BCUT2D eigenvalue weighted by Crippen LogP contribution is -2.42. The summed E-state index contributed by atoms with van der Waals surface area (Å²) < 4.78 is 29.5. The first kappa shape index (κ1) is 34.7. The maximum atomic E-state index is 13.4. The first-order valence-electron chi connectivity index (χ1n) is 15.3. The summed E-state index contributed by atoms with van der Waals surface area (Å²) in [5.41, 5.74) is -0.112. The van der Waals surface area contributed by atoms with Crippen molar-refractivity contribution in [2.24, 2.45) is 0 Å². The Kier molecular flexibility index (Phi) is 11.6. The van der Waals surface area contributed by atoms with Gasteiger partial charge in [0.25, 0.3) is 5.56 Å². The fourth-order valence-electron chi connectivity index (χ4n) is 4.78. The van der Waals surface area contributed by atoms with Gasteiger partial charge in [-0.25, -0.2) is 19.1 Å². The van der Waals surface area contributed by atoms with E-state index in [1.165, 1.54) is 24.3 Å². The molecule has 2 N–H and O–H groups in total. The van der Waals surface area contributed by atoms with Crippen molar-refractivity contribution in [2.45, 2.75) is 37.9 Å². The highest BCUT2D eigenvalue weighted by Gasteiger charge is 2.52. The van der Waals surface area contributed by atoms with Crippen LogP contribution in [-0.2, 0) is 28.5 Å². The molecule has 4 aromatic rings. The largest absolute Gasteiger partial charge is 0.464 e. The van der Waals surface area contributed by atoms with Gasteiger partial charge in [0.15, 0.2) is 23.2 Å². The van der Waals surface area contributed by atoms with E-state index in [4.69, 9.17) is 35.9 Å². The summed E-state index contributed by atoms with van der Waals surface area (Å²) in [6.07, 6.45) is -4.83. The zero-order valence-electron chi connectivity index (χ0n) is 26.2. The van der Waals surface area contributed by atoms with Crippen molar-refractivity contribution in [3.05, 3.63) is 123 Å². The molecule has 4 atom stereocenters. The maximum Gasteiger partial charge on any atom is 0.338 e. The zero-order valence-corrected chi connectivity index (χ0v) is 27.0. The van der Waals surface area contributed by atoms with Crippen LogP contribution in [0.3, 0.4) is 0 Å². The molecule has 49 heavy (non-hydrogen) atoms. The molecule has 5 rings (SSSR count). The van der Waals surface area contributed by atoms with E-state index in [2.05, 4.69) is 15.4 Å². The third-order valence-corrected chi connectivity index (χ3v) is 7.43. The molecule has 1 aliphatic heterocycles. The van der Waals surface area contributed by atoms with Gasteiger partial charge in [0, 0.05) is 0 Å². The van der Waals surface area contributed by atoms with Gasteiger partial charge in [-0.15, -0.1) is 5.10 Å². The normalized spacial score (nSPS) is 18.2. The molecule has 15 heteroatoms. The number of hydrogen-bond donors (Lipinski definition) is 2. The molecule has 1 saturated heterocycles. The van der Waals surface area contributed by atoms with E-state index in [9.17, 15) is 24.0 Å². The van der Waals surface area contributed by atoms with Gasteiger partial charge in [-0.05, 0) is 55.0 Å². The van der Waals surface area contributed by atoms with E-state index in [0.717, 1.165) is 4.68 Å². The molecule has 0 bridgehead atoms. The Morgan fingerprint density at radius 3 is 1.90 bits per heavy atom. The monoisotopic (exact) mass is 688 g/mol. The van der Waals surface area contributed by atoms with Crippen molar-refractivity contribution in [2.75, 3.05) is 25.1 Å². The number of aromatic nitrogens is 3. The van der Waals surface area contributed by atoms with Crippen LogP contribution in [0, 0.1) is 4.77 Å². The summed E-state index contributed by atoms with van der Waals surface area (Å²) >= 11 is 5.41. The second-order valence-electron chi connectivity index (χ2n) is 10.6. The minimum absolute atomic E-state index is 0.180. The second kappa shape index (κ2) is 16.4. The molecule has 254 valence electrons. The van der Waals surface area contributed by atoms with Crippen molar-refractivity contribution < 1.29 is 42.9 Å². The fraction of sp³-hybridized carbons (Fsp3) is 0.265. The van der Waals surface area contributed by atoms with Crippen LogP contribution in [0.15, 0.2) is 95.8 Å². The zero-order chi connectivity index (χ0) is 34.8. The Morgan fingerprint density at radius 2 is 1.35 bits per heavy atom. The van der Waals surface area contributed by atoms with E-state index in [-0.39, 0.29) is 40.4 Å². The average Bonchev–Trinajstić information content (AvgIpc) is 3.45. The van der Waals surface area contributed by atoms with Gasteiger partial charge in [0.05, 0.1) is 23.3 Å². The lowest BCUT2D eigenvalue weighted by Gasteiger charge is -2.25. The van der Waals surface area contributed by atoms with Crippen LogP contribution in [-0.4, -0.2) is 76.7 Å². The number of benzene rings is 3. The minimum atomic E-state index is -1.44. The second-order valence-corrected chi connectivity index (χ2v) is 11.0. The number of hydrogen-bond acceptors (Lipinski definition) is 13. The summed E-state index contributed by atoms with van der Waals surface area (Å²) in [5.74, 6) is -3.21. The highest BCUT2D eigenvalue weighted by molar-refractivity contribution is 7.71. The Morgan fingerprint density at radius 1 is 0.816 bits per heavy atom. The molecule has 3 aromatic carbocycles. The number of anilines is 1. The predicted octanol–water partition coefficient (Wildman–Crippen LogP) is 3.87. The van der Waals surface area contributed by atoms with Gasteiger partial charge in [-0.2, -0.15) is 0 Å². The molecule has 1 aliphatic rings. The molecule has 2 heterocycles. The van der Waals surface area contributed by atoms with Gasteiger partial charge in [0.2, 0.25) is 5.82 Å². The van der Waals surface area contributed by atoms with Crippen LogP contribution >= 0.6 is 12.2 Å². The van der Waals surface area contributed by atoms with Gasteiger partial charge in [0.1, 0.15) is 19.3 Å². The maximum absolute atomic E-state index is 13.4. The average molecular weight is 689 g/mol. The Balaban J connectivity index is 1.51. The molecule has 0 saturated carbocycles. The Labute approximate surface area is 284 Å². The van der Waals surface area contributed by atoms with E-state index >= 15 is 0 Å². The predicted molar refractivity (Wildman–Crippen MR) is 175 cm³/mol. The Hall–Kier alpha value is -5.67. The molecule has 0 radical (unpaired) electrons. The van der Waals surface area contributed by atoms with E-state index in [1.807, 2.05) is 6.92 Å². The molecule has 0 amide bonds. The summed E-state index contributed by atoms with van der Waals surface area (Å²) in [5, 5.41) is 6.88. The lowest BCUT2D eigenvalue weighted by molar-refractivity contribution is -0.141. The summed E-state index contributed by atoms with van der Waals surface area (Å²) in [6, 6.07) is 24.3. The highest BCUT2D eigenvalue weighted by atomic mass is 32.1. The first-order chi connectivity index (χ1) is 23.7. The number of carbonyl (C=O) groups is 4. The van der Waals surface area contributed by atoms with Crippen molar-refractivity contribution >= 4 is 41.9 Å². The third-order valence-electron chi connectivity index (χ3n) is 7.14. The fourth-order valence-corrected chi connectivity index (χ4v) is 5.01. The van der Waals surface area contributed by atoms with E-state index in [1.54, 1.807) is 66.7 Å². The van der Waals surface area contributed by atoms with Gasteiger partial charge < -0.3 is 29.0 Å². The molecule has 0 spiro atoms. The van der Waals surface area contributed by atoms with Crippen molar-refractivity contribution in [3.63, 3.8) is 0 Å². The van der Waals surface area contributed by atoms with Gasteiger partial charge >= 0.3 is 23.9 Å². The SMILES string of the molecule is CCCOC(=O)CNc1nn([C@@H]2O[C@H](COC(=O)c3ccccc3)[C@@H](OC(=O)c3ccccc3)[C@H]2OC(=O)c2ccccc2)c(=S)[nH]c1=O. The van der Waals surface area contributed by atoms with Gasteiger partial charge in [-0.1, -0.05) is 61.5 Å². The molecule has 0 aliphatic carbocycles. The summed E-state index contributed by atoms with van der Waals surface area (Å²) in [4.78, 5) is 67.0. The van der Waals surface area contributed by atoms with Crippen LogP contribution in [0.5, 0.6) is 0 Å². The molecule has 1 aromatic heterocycles. The number of nitrogens with one attached hydrogen (secondary N) is 2. The number of H-pyrrole nitrogens is 1. The lowest BCUT2D eigenvalue weighted by atomic mass is 10.1. The highest BCUT2D eigenvalue weighted by Crippen LogP contribution is 2.35. The van der Waals surface area contributed by atoms with Gasteiger partial charge in [-0.3, -0.25) is 14.6 Å². The van der Waals surface area contributed by atoms with E-state index in [0.29, 0.717) is 6.42 Å². The number of esters is 4. The van der Waals surface area contributed by atoms with Crippen molar-refractivity contribution in [3.8, 4) is 0 Å². The van der Waals surface area contributed by atoms with Crippen LogP contribution in [0.2, 0.25) is 0 Å². The topological polar surface area (TPSA) is 177 Å². The molecule has 14 nitrogen and oxygen atoms in total. The van der Waals surface area contributed by atoms with Crippen molar-refractivity contribution in [1.29, 1.82) is 0 Å². The first-order valence-corrected chi connectivity index (χ1v) is 15.7. The van der Waals surface area contributed by atoms with Crippen molar-refractivity contribution in [1.82, 2.24) is 14.8 Å². The van der Waals surface area contributed by atoms with Crippen LogP contribution in [0.1, 0.15) is 50.6 Å². The number of ether oxygens (including phenoxy) is 5.